The van der Waals surface area contributed by atoms with E-state index in [1.54, 1.807) is 12.1 Å². The highest BCUT2D eigenvalue weighted by Gasteiger charge is 2.42. The van der Waals surface area contributed by atoms with E-state index in [4.69, 9.17) is 4.42 Å². The summed E-state index contributed by atoms with van der Waals surface area (Å²) < 4.78 is 6.43. The van der Waals surface area contributed by atoms with Gasteiger partial charge in [0.1, 0.15) is 11.5 Å². The third-order valence-corrected chi connectivity index (χ3v) is 5.69. The van der Waals surface area contributed by atoms with E-state index in [9.17, 15) is 9.59 Å². The fourth-order valence-corrected chi connectivity index (χ4v) is 4.05. The highest BCUT2D eigenvalue weighted by molar-refractivity contribution is 9.10. The maximum absolute atomic E-state index is 12.6. The first-order chi connectivity index (χ1) is 13.6. The molecular formula is C21H14BrN3O3. The van der Waals surface area contributed by atoms with Crippen LogP contribution < -0.4 is 11.1 Å². The van der Waals surface area contributed by atoms with Gasteiger partial charge in [0.25, 0.3) is 5.91 Å². The highest BCUT2D eigenvalue weighted by Crippen LogP contribution is 2.37. The van der Waals surface area contributed by atoms with E-state index in [1.165, 1.54) is 0 Å². The number of nitrogens with zero attached hydrogens (tertiary/aromatic N) is 2. The fourth-order valence-electron chi connectivity index (χ4n) is 3.79. The Morgan fingerprint density at radius 3 is 2.68 bits per heavy atom. The van der Waals surface area contributed by atoms with Gasteiger partial charge in [-0.3, -0.25) is 4.79 Å². The van der Waals surface area contributed by atoms with Gasteiger partial charge in [-0.2, -0.15) is 5.10 Å². The molecule has 2 aliphatic rings. The summed E-state index contributed by atoms with van der Waals surface area (Å²) in [5.41, 5.74) is 4.59. The summed E-state index contributed by atoms with van der Waals surface area (Å²) in [5.74, 6) is -0.381. The highest BCUT2D eigenvalue weighted by atomic mass is 79.9. The third-order valence-electron chi connectivity index (χ3n) is 5.16. The van der Waals surface area contributed by atoms with E-state index in [2.05, 4.69) is 31.4 Å². The quantitative estimate of drug-likeness (QED) is 0.624. The number of rotatable bonds is 2. The van der Waals surface area contributed by atoms with Crippen LogP contribution in [0.1, 0.15) is 23.5 Å². The van der Waals surface area contributed by atoms with Crippen LogP contribution in [-0.2, 0) is 4.79 Å². The molecule has 2 unspecified atom stereocenters. The molecule has 138 valence electrons. The Labute approximate surface area is 168 Å². The first-order valence-electron chi connectivity index (χ1n) is 8.84. The Bertz CT molecular complexity index is 1230. The molecule has 2 aliphatic heterocycles. The van der Waals surface area contributed by atoms with Crippen molar-refractivity contribution in [3.05, 3.63) is 80.6 Å². The Morgan fingerprint density at radius 2 is 1.86 bits per heavy atom. The summed E-state index contributed by atoms with van der Waals surface area (Å²) in [6.45, 7) is 0. The fraction of sp³-hybridized carbons (Fsp3) is 0.143. The Morgan fingerprint density at radius 1 is 1.07 bits per heavy atom. The molecule has 0 aliphatic carbocycles. The van der Waals surface area contributed by atoms with Gasteiger partial charge in [-0.25, -0.2) is 15.2 Å². The zero-order chi connectivity index (χ0) is 19.3. The maximum atomic E-state index is 12.6. The SMILES string of the molecule is O=C1NN=C2N=C(c3cc4ccccc4oc3=O)CC(c3ccc(Br)cc3)C12. The lowest BCUT2D eigenvalue weighted by Crippen LogP contribution is -2.35. The molecule has 1 amide bonds. The van der Waals surface area contributed by atoms with Crippen LogP contribution in [0.2, 0.25) is 0 Å². The van der Waals surface area contributed by atoms with E-state index in [0.29, 0.717) is 29.1 Å². The molecule has 5 rings (SSSR count). The predicted octanol–water partition coefficient (Wildman–Crippen LogP) is 3.59. The summed E-state index contributed by atoms with van der Waals surface area (Å²) >= 11 is 3.44. The monoisotopic (exact) mass is 435 g/mol. The molecule has 0 bridgehead atoms. The zero-order valence-electron chi connectivity index (χ0n) is 14.6. The van der Waals surface area contributed by atoms with Gasteiger partial charge < -0.3 is 4.42 Å². The average Bonchev–Trinajstić information content (AvgIpc) is 3.08. The maximum Gasteiger partial charge on any atom is 0.345 e. The zero-order valence-corrected chi connectivity index (χ0v) is 16.1. The molecule has 1 N–H and O–H groups in total. The second kappa shape index (κ2) is 6.53. The Kier molecular flexibility index (Phi) is 3.98. The van der Waals surface area contributed by atoms with Crippen LogP contribution in [0.5, 0.6) is 0 Å². The minimum absolute atomic E-state index is 0.160. The van der Waals surface area contributed by atoms with Crippen molar-refractivity contribution in [3.63, 3.8) is 0 Å². The molecule has 0 saturated heterocycles. The molecule has 7 heteroatoms. The molecule has 0 radical (unpaired) electrons. The van der Waals surface area contributed by atoms with Gasteiger partial charge in [-0.15, -0.1) is 0 Å². The number of hydrogen-bond acceptors (Lipinski definition) is 5. The van der Waals surface area contributed by atoms with Crippen LogP contribution >= 0.6 is 15.9 Å². The molecule has 0 fully saturated rings. The van der Waals surface area contributed by atoms with Crippen LogP contribution in [0.4, 0.5) is 0 Å². The molecule has 0 saturated carbocycles. The summed E-state index contributed by atoms with van der Waals surface area (Å²) in [5, 5.41) is 4.91. The smallest absolute Gasteiger partial charge is 0.345 e. The third kappa shape index (κ3) is 2.79. The number of fused-ring (bicyclic) bond motifs is 2. The van der Waals surface area contributed by atoms with Crippen molar-refractivity contribution in [2.45, 2.75) is 12.3 Å². The minimum Gasteiger partial charge on any atom is -0.422 e. The number of amides is 1. The van der Waals surface area contributed by atoms with Crippen molar-refractivity contribution in [1.29, 1.82) is 0 Å². The van der Waals surface area contributed by atoms with E-state index < -0.39 is 11.5 Å². The molecular weight excluding hydrogens is 422 g/mol. The van der Waals surface area contributed by atoms with Crippen molar-refractivity contribution in [1.82, 2.24) is 5.43 Å². The largest absolute Gasteiger partial charge is 0.422 e. The second-order valence-electron chi connectivity index (χ2n) is 6.83. The van der Waals surface area contributed by atoms with E-state index in [1.807, 2.05) is 42.5 Å². The van der Waals surface area contributed by atoms with Crippen molar-refractivity contribution in [2.24, 2.45) is 16.0 Å². The Hall–Kier alpha value is -3.06. The topological polar surface area (TPSA) is 84.0 Å². The number of carbonyl (C=O) groups is 1. The van der Waals surface area contributed by atoms with Gasteiger partial charge in [-0.05, 0) is 36.2 Å². The first kappa shape index (κ1) is 17.1. The van der Waals surface area contributed by atoms with Gasteiger partial charge in [0, 0.05) is 15.8 Å². The van der Waals surface area contributed by atoms with Crippen LogP contribution in [-0.4, -0.2) is 17.5 Å². The molecule has 2 aromatic carbocycles. The minimum atomic E-state index is -0.461. The molecule has 3 aromatic rings. The van der Waals surface area contributed by atoms with Crippen LogP contribution in [0, 0.1) is 5.92 Å². The summed E-state index contributed by atoms with van der Waals surface area (Å²) in [7, 11) is 0. The first-order valence-corrected chi connectivity index (χ1v) is 9.63. The lowest BCUT2D eigenvalue weighted by molar-refractivity contribution is -0.122. The van der Waals surface area contributed by atoms with Crippen molar-refractivity contribution < 1.29 is 9.21 Å². The van der Waals surface area contributed by atoms with Crippen molar-refractivity contribution >= 4 is 44.4 Å². The number of hydrogen-bond donors (Lipinski definition) is 1. The second-order valence-corrected chi connectivity index (χ2v) is 7.75. The van der Waals surface area contributed by atoms with E-state index in [0.717, 1.165) is 15.4 Å². The molecule has 3 heterocycles. The van der Waals surface area contributed by atoms with Gasteiger partial charge in [-0.1, -0.05) is 46.3 Å². The summed E-state index contributed by atoms with van der Waals surface area (Å²) in [6, 6.07) is 17.0. The number of amidine groups is 1. The molecule has 1 aromatic heterocycles. The average molecular weight is 436 g/mol. The van der Waals surface area contributed by atoms with Crippen molar-refractivity contribution in [2.75, 3.05) is 0 Å². The number of nitrogens with one attached hydrogen (secondary N) is 1. The van der Waals surface area contributed by atoms with Gasteiger partial charge >= 0.3 is 5.63 Å². The number of benzene rings is 2. The van der Waals surface area contributed by atoms with E-state index >= 15 is 0 Å². The van der Waals surface area contributed by atoms with Gasteiger partial charge in [0.2, 0.25) is 0 Å². The molecule has 6 nitrogen and oxygen atoms in total. The molecule has 0 spiro atoms. The number of aliphatic imine (C=N–C) groups is 1. The van der Waals surface area contributed by atoms with Crippen LogP contribution in [0.15, 0.2) is 78.4 Å². The van der Waals surface area contributed by atoms with Crippen LogP contribution in [0.25, 0.3) is 11.0 Å². The van der Waals surface area contributed by atoms with E-state index in [-0.39, 0.29) is 11.8 Å². The standard InChI is InChI=1S/C21H14BrN3O3/c22-13-7-5-11(6-8-13)14-10-16(23-19-18(14)20(26)25-24-19)15-9-12-3-1-2-4-17(12)28-21(15)27/h1-9,14,18H,10H2,(H,25,26). The lowest BCUT2D eigenvalue weighted by Gasteiger charge is -2.27. The summed E-state index contributed by atoms with van der Waals surface area (Å²) in [4.78, 5) is 29.5. The number of para-hydroxylation sites is 1. The molecule has 28 heavy (non-hydrogen) atoms. The lowest BCUT2D eigenvalue weighted by atomic mass is 9.78. The van der Waals surface area contributed by atoms with Gasteiger partial charge in [0.15, 0.2) is 5.84 Å². The Balaban J connectivity index is 1.64. The number of hydrazone groups is 1. The predicted molar refractivity (Wildman–Crippen MR) is 110 cm³/mol. The summed E-state index contributed by atoms with van der Waals surface area (Å²) in [6.07, 6.45) is 0.446. The normalized spacial score (nSPS) is 21.1. The number of carbonyl (C=O) groups excluding carboxylic acids is 1. The number of halogens is 1. The van der Waals surface area contributed by atoms with Crippen LogP contribution in [0.3, 0.4) is 0 Å². The molecule has 2 atom stereocenters. The van der Waals surface area contributed by atoms with Crippen molar-refractivity contribution in [3.8, 4) is 0 Å². The van der Waals surface area contributed by atoms with Gasteiger partial charge in [0.05, 0.1) is 11.3 Å².